The van der Waals surface area contributed by atoms with E-state index in [1.165, 1.54) is 12.8 Å². The van der Waals surface area contributed by atoms with Gasteiger partial charge in [-0.05, 0) is 5.92 Å². The molecular formula is C13H22N4O. The smallest absolute Gasteiger partial charge is 0.272 e. The Bertz CT molecular complexity index is 423. The van der Waals surface area contributed by atoms with Crippen molar-refractivity contribution in [1.29, 1.82) is 0 Å². The van der Waals surface area contributed by atoms with E-state index in [1.807, 2.05) is 13.1 Å². The molecule has 0 bridgehead atoms. The van der Waals surface area contributed by atoms with Gasteiger partial charge in [-0.1, -0.05) is 26.7 Å². The SMILES string of the molecule is CCC(CC)CNc1cc2n(n1)CCN(C)C2=O. The van der Waals surface area contributed by atoms with E-state index in [1.54, 1.807) is 9.58 Å². The number of carbonyl (C=O) groups is 1. The summed E-state index contributed by atoms with van der Waals surface area (Å²) in [7, 11) is 1.83. The predicted octanol–water partition coefficient (Wildman–Crippen LogP) is 1.82. The Balaban J connectivity index is 2.04. The lowest BCUT2D eigenvalue weighted by Gasteiger charge is -2.22. The van der Waals surface area contributed by atoms with Crippen LogP contribution in [0.25, 0.3) is 0 Å². The van der Waals surface area contributed by atoms with Crippen molar-refractivity contribution >= 4 is 11.7 Å². The minimum atomic E-state index is 0.0596. The van der Waals surface area contributed by atoms with Crippen LogP contribution in [0, 0.1) is 5.92 Å². The Morgan fingerprint density at radius 3 is 2.78 bits per heavy atom. The van der Waals surface area contributed by atoms with Gasteiger partial charge in [0, 0.05) is 26.2 Å². The van der Waals surface area contributed by atoms with Crippen molar-refractivity contribution in [2.24, 2.45) is 5.92 Å². The van der Waals surface area contributed by atoms with Crippen LogP contribution in [-0.2, 0) is 6.54 Å². The van der Waals surface area contributed by atoms with E-state index in [0.717, 1.165) is 25.5 Å². The molecule has 0 saturated heterocycles. The molecule has 1 aromatic rings. The third kappa shape index (κ3) is 2.49. The van der Waals surface area contributed by atoms with Gasteiger partial charge in [0.15, 0.2) is 0 Å². The normalized spacial score (nSPS) is 15.1. The molecule has 1 aromatic heterocycles. The van der Waals surface area contributed by atoms with Crippen LogP contribution in [0.4, 0.5) is 5.82 Å². The number of hydrogen-bond acceptors (Lipinski definition) is 3. The van der Waals surface area contributed by atoms with E-state index < -0.39 is 0 Å². The van der Waals surface area contributed by atoms with Gasteiger partial charge in [0.25, 0.3) is 5.91 Å². The van der Waals surface area contributed by atoms with Crippen LogP contribution < -0.4 is 5.32 Å². The second-order valence-electron chi connectivity index (χ2n) is 4.93. The van der Waals surface area contributed by atoms with Crippen LogP contribution in [-0.4, -0.2) is 40.7 Å². The molecule has 1 N–H and O–H groups in total. The maximum Gasteiger partial charge on any atom is 0.272 e. The molecule has 1 amide bonds. The molecule has 0 aliphatic carbocycles. The zero-order valence-corrected chi connectivity index (χ0v) is 11.4. The number of amides is 1. The second-order valence-corrected chi connectivity index (χ2v) is 4.93. The van der Waals surface area contributed by atoms with E-state index in [-0.39, 0.29) is 5.91 Å². The largest absolute Gasteiger partial charge is 0.368 e. The highest BCUT2D eigenvalue weighted by molar-refractivity contribution is 5.93. The Morgan fingerprint density at radius 2 is 2.11 bits per heavy atom. The van der Waals surface area contributed by atoms with Crippen LogP contribution in [0.2, 0.25) is 0 Å². The number of aromatic nitrogens is 2. The Kier molecular flexibility index (Phi) is 3.89. The van der Waals surface area contributed by atoms with Gasteiger partial charge in [-0.2, -0.15) is 5.10 Å². The molecule has 0 radical (unpaired) electrons. The standard InChI is InChI=1S/C13H22N4O/c1-4-10(5-2)9-14-12-8-11-13(18)16(3)6-7-17(11)15-12/h8,10H,4-7,9H2,1-3H3,(H,14,15). The van der Waals surface area contributed by atoms with E-state index in [2.05, 4.69) is 24.3 Å². The summed E-state index contributed by atoms with van der Waals surface area (Å²) in [5, 5.41) is 7.77. The number of likely N-dealkylation sites (N-methyl/N-ethyl adjacent to an activating group) is 1. The number of nitrogens with zero attached hydrogens (tertiary/aromatic N) is 3. The monoisotopic (exact) mass is 250 g/mol. The highest BCUT2D eigenvalue weighted by Gasteiger charge is 2.23. The summed E-state index contributed by atoms with van der Waals surface area (Å²) in [4.78, 5) is 13.7. The minimum Gasteiger partial charge on any atom is -0.368 e. The van der Waals surface area contributed by atoms with Crippen molar-refractivity contribution in [3.63, 3.8) is 0 Å². The summed E-state index contributed by atoms with van der Waals surface area (Å²) in [6, 6.07) is 1.86. The predicted molar refractivity (Wildman–Crippen MR) is 71.7 cm³/mol. The van der Waals surface area contributed by atoms with Gasteiger partial charge in [0.05, 0.1) is 6.54 Å². The van der Waals surface area contributed by atoms with E-state index >= 15 is 0 Å². The maximum atomic E-state index is 11.9. The fourth-order valence-corrected chi connectivity index (χ4v) is 2.21. The third-order valence-corrected chi connectivity index (χ3v) is 3.72. The van der Waals surface area contributed by atoms with Crippen molar-refractivity contribution in [2.75, 3.05) is 25.5 Å². The van der Waals surface area contributed by atoms with E-state index in [0.29, 0.717) is 11.6 Å². The average Bonchev–Trinajstić information content (AvgIpc) is 2.79. The molecule has 5 heteroatoms. The molecule has 0 saturated carbocycles. The van der Waals surface area contributed by atoms with Gasteiger partial charge in [0.1, 0.15) is 11.5 Å². The number of carbonyl (C=O) groups excluding carboxylic acids is 1. The highest BCUT2D eigenvalue weighted by atomic mass is 16.2. The molecule has 0 atom stereocenters. The zero-order chi connectivity index (χ0) is 13.1. The first-order valence-corrected chi connectivity index (χ1v) is 6.72. The van der Waals surface area contributed by atoms with Gasteiger partial charge < -0.3 is 10.2 Å². The van der Waals surface area contributed by atoms with Crippen molar-refractivity contribution < 1.29 is 4.79 Å². The summed E-state index contributed by atoms with van der Waals surface area (Å²) in [6.45, 7) is 6.84. The fourth-order valence-electron chi connectivity index (χ4n) is 2.21. The number of anilines is 1. The third-order valence-electron chi connectivity index (χ3n) is 3.72. The van der Waals surface area contributed by atoms with Gasteiger partial charge in [-0.15, -0.1) is 0 Å². The molecule has 100 valence electrons. The first kappa shape index (κ1) is 12.9. The lowest BCUT2D eigenvalue weighted by atomic mass is 10.0. The summed E-state index contributed by atoms with van der Waals surface area (Å²) in [5.41, 5.74) is 0.691. The molecule has 0 aromatic carbocycles. The molecule has 2 heterocycles. The van der Waals surface area contributed by atoms with E-state index in [4.69, 9.17) is 0 Å². The lowest BCUT2D eigenvalue weighted by Crippen LogP contribution is -2.37. The quantitative estimate of drug-likeness (QED) is 0.867. The summed E-state index contributed by atoms with van der Waals surface area (Å²) >= 11 is 0. The molecule has 1 aliphatic heterocycles. The summed E-state index contributed by atoms with van der Waals surface area (Å²) in [5.74, 6) is 1.55. The first-order valence-electron chi connectivity index (χ1n) is 6.72. The molecule has 5 nitrogen and oxygen atoms in total. The van der Waals surface area contributed by atoms with Gasteiger partial charge in [0.2, 0.25) is 0 Å². The molecular weight excluding hydrogens is 228 g/mol. The topological polar surface area (TPSA) is 50.2 Å². The van der Waals surface area contributed by atoms with Gasteiger partial charge in [-0.3, -0.25) is 9.48 Å². The average molecular weight is 250 g/mol. The van der Waals surface area contributed by atoms with Gasteiger partial charge in [-0.25, -0.2) is 0 Å². The van der Waals surface area contributed by atoms with E-state index in [9.17, 15) is 4.79 Å². The van der Waals surface area contributed by atoms with Gasteiger partial charge >= 0.3 is 0 Å². The molecule has 1 aliphatic rings. The number of fused-ring (bicyclic) bond motifs is 1. The number of nitrogens with one attached hydrogen (secondary N) is 1. The number of hydrogen-bond donors (Lipinski definition) is 1. The fraction of sp³-hybridized carbons (Fsp3) is 0.692. The van der Waals surface area contributed by atoms with Crippen LogP contribution in [0.15, 0.2) is 6.07 Å². The Labute approximate surface area is 108 Å². The number of rotatable bonds is 5. The van der Waals surface area contributed by atoms with Crippen molar-refractivity contribution in [2.45, 2.75) is 33.2 Å². The van der Waals surface area contributed by atoms with Crippen LogP contribution in [0.5, 0.6) is 0 Å². The van der Waals surface area contributed by atoms with Crippen molar-refractivity contribution in [1.82, 2.24) is 14.7 Å². The molecule has 0 unspecified atom stereocenters. The van der Waals surface area contributed by atoms with Crippen LogP contribution in [0.1, 0.15) is 37.2 Å². The van der Waals surface area contributed by atoms with Crippen molar-refractivity contribution in [3.8, 4) is 0 Å². The zero-order valence-electron chi connectivity index (χ0n) is 11.4. The van der Waals surface area contributed by atoms with Crippen molar-refractivity contribution in [3.05, 3.63) is 11.8 Å². The van der Waals surface area contributed by atoms with Crippen LogP contribution >= 0.6 is 0 Å². The van der Waals surface area contributed by atoms with Crippen LogP contribution in [0.3, 0.4) is 0 Å². The molecule has 0 fully saturated rings. The lowest BCUT2D eigenvalue weighted by molar-refractivity contribution is 0.0743. The first-order chi connectivity index (χ1) is 8.65. The minimum absolute atomic E-state index is 0.0596. The summed E-state index contributed by atoms with van der Waals surface area (Å²) in [6.07, 6.45) is 2.33. The second kappa shape index (κ2) is 5.42. The highest BCUT2D eigenvalue weighted by Crippen LogP contribution is 2.16. The molecule has 0 spiro atoms. The molecule has 18 heavy (non-hydrogen) atoms. The Morgan fingerprint density at radius 1 is 1.39 bits per heavy atom. The summed E-state index contributed by atoms with van der Waals surface area (Å²) < 4.78 is 1.80. The molecule has 2 rings (SSSR count). The maximum absolute atomic E-state index is 11.9. The Hall–Kier alpha value is -1.52.